The molecule has 1 aromatic rings. The van der Waals surface area contributed by atoms with E-state index in [-0.39, 0.29) is 29.5 Å². The average molecular weight is 318 g/mol. The normalized spacial score (nSPS) is 19.9. The number of sulfone groups is 1. The molecule has 0 atom stereocenters. The Morgan fingerprint density at radius 2 is 1.85 bits per heavy atom. The minimum Gasteiger partial charge on any atom is -0.399 e. The number of sulfonamides is 1. The molecule has 1 fully saturated rings. The van der Waals surface area contributed by atoms with E-state index in [1.807, 2.05) is 6.92 Å². The molecule has 6 nitrogen and oxygen atoms in total. The summed E-state index contributed by atoms with van der Waals surface area (Å²) < 4.78 is 49.2. The first-order valence-electron chi connectivity index (χ1n) is 6.35. The van der Waals surface area contributed by atoms with Crippen molar-refractivity contribution in [2.24, 2.45) is 0 Å². The molecule has 1 saturated heterocycles. The third-order valence-corrected chi connectivity index (χ3v) is 6.98. The molecule has 20 heavy (non-hydrogen) atoms. The second-order valence-electron chi connectivity index (χ2n) is 4.78. The van der Waals surface area contributed by atoms with Gasteiger partial charge in [-0.3, -0.25) is 0 Å². The van der Waals surface area contributed by atoms with Crippen LogP contribution in [0.3, 0.4) is 0 Å². The van der Waals surface area contributed by atoms with E-state index in [0.717, 1.165) is 0 Å². The maximum atomic E-state index is 12.6. The van der Waals surface area contributed by atoms with Gasteiger partial charge in [-0.25, -0.2) is 16.8 Å². The highest BCUT2D eigenvalue weighted by atomic mass is 32.2. The fraction of sp³-hybridized carbons (Fsp3) is 0.500. The van der Waals surface area contributed by atoms with Gasteiger partial charge in [-0.1, -0.05) is 13.0 Å². The maximum absolute atomic E-state index is 12.6. The molecule has 0 radical (unpaired) electrons. The number of anilines is 1. The molecule has 8 heteroatoms. The van der Waals surface area contributed by atoms with E-state index in [0.29, 0.717) is 17.7 Å². The third-order valence-electron chi connectivity index (χ3n) is 3.39. The van der Waals surface area contributed by atoms with Crippen LogP contribution in [0.15, 0.2) is 23.1 Å². The fourth-order valence-corrected chi connectivity index (χ4v) is 5.38. The zero-order chi connectivity index (χ0) is 15.0. The van der Waals surface area contributed by atoms with Gasteiger partial charge in [0.15, 0.2) is 9.84 Å². The number of nitrogen functional groups attached to an aromatic ring is 1. The number of rotatable bonds is 3. The molecule has 2 N–H and O–H groups in total. The van der Waals surface area contributed by atoms with Crippen LogP contribution in [0.5, 0.6) is 0 Å². The summed E-state index contributed by atoms with van der Waals surface area (Å²) in [5, 5.41) is 0. The van der Waals surface area contributed by atoms with Crippen molar-refractivity contribution in [3.8, 4) is 0 Å². The number of aryl methyl sites for hydroxylation is 1. The summed E-state index contributed by atoms with van der Waals surface area (Å²) in [5.74, 6) is -0.258. The number of nitrogens with zero attached hydrogens (tertiary/aromatic N) is 1. The van der Waals surface area contributed by atoms with Gasteiger partial charge in [-0.2, -0.15) is 4.31 Å². The average Bonchev–Trinajstić information content (AvgIpc) is 2.38. The van der Waals surface area contributed by atoms with Gasteiger partial charge in [-0.05, 0) is 24.1 Å². The summed E-state index contributed by atoms with van der Waals surface area (Å²) in [5.41, 5.74) is 6.74. The second kappa shape index (κ2) is 5.34. The first-order chi connectivity index (χ1) is 9.26. The Morgan fingerprint density at radius 3 is 2.40 bits per heavy atom. The van der Waals surface area contributed by atoms with Gasteiger partial charge in [0.05, 0.1) is 16.4 Å². The van der Waals surface area contributed by atoms with E-state index in [9.17, 15) is 16.8 Å². The van der Waals surface area contributed by atoms with Gasteiger partial charge in [0.25, 0.3) is 0 Å². The lowest BCUT2D eigenvalue weighted by Gasteiger charge is -2.26. The number of nitrogens with two attached hydrogens (primary N) is 1. The molecular weight excluding hydrogens is 300 g/mol. The lowest BCUT2D eigenvalue weighted by Crippen LogP contribution is -2.43. The molecule has 0 spiro atoms. The van der Waals surface area contributed by atoms with E-state index in [1.165, 1.54) is 10.4 Å². The third kappa shape index (κ3) is 2.97. The Morgan fingerprint density at radius 1 is 1.25 bits per heavy atom. The quantitative estimate of drug-likeness (QED) is 0.806. The Bertz CT molecular complexity index is 697. The molecule has 0 amide bonds. The minimum absolute atomic E-state index is 0.00260. The first kappa shape index (κ1) is 15.3. The lowest BCUT2D eigenvalue weighted by atomic mass is 10.1. The molecule has 2 rings (SSSR count). The van der Waals surface area contributed by atoms with Crippen LogP contribution in [-0.2, 0) is 26.3 Å². The predicted octanol–water partition coefficient (Wildman–Crippen LogP) is 0.250. The van der Waals surface area contributed by atoms with E-state index >= 15 is 0 Å². The molecule has 1 aliphatic heterocycles. The molecule has 0 unspecified atom stereocenters. The molecule has 0 saturated carbocycles. The van der Waals surface area contributed by atoms with Crippen molar-refractivity contribution < 1.29 is 16.8 Å². The van der Waals surface area contributed by atoms with Crippen LogP contribution in [-0.4, -0.2) is 45.7 Å². The lowest BCUT2D eigenvalue weighted by molar-refractivity contribution is 0.430. The Kier molecular flexibility index (Phi) is 4.08. The molecular formula is C12H18N2O4S2. The smallest absolute Gasteiger partial charge is 0.243 e. The summed E-state index contributed by atoms with van der Waals surface area (Å²) >= 11 is 0. The van der Waals surface area contributed by atoms with Crippen molar-refractivity contribution in [2.75, 3.05) is 30.3 Å². The number of hydrogen-bond donors (Lipinski definition) is 1. The molecule has 1 aliphatic rings. The maximum Gasteiger partial charge on any atom is 0.243 e. The number of benzene rings is 1. The van der Waals surface area contributed by atoms with Crippen LogP contribution in [0.1, 0.15) is 12.5 Å². The molecule has 1 heterocycles. The zero-order valence-corrected chi connectivity index (χ0v) is 12.9. The van der Waals surface area contributed by atoms with E-state index in [4.69, 9.17) is 5.73 Å². The van der Waals surface area contributed by atoms with Crippen LogP contribution in [0, 0.1) is 0 Å². The summed E-state index contributed by atoms with van der Waals surface area (Å²) in [4.78, 5) is 0.180. The fourth-order valence-electron chi connectivity index (χ4n) is 2.18. The van der Waals surface area contributed by atoms with Gasteiger partial charge < -0.3 is 5.73 Å². The topological polar surface area (TPSA) is 97.5 Å². The Hall–Kier alpha value is -1.12. The number of hydrogen-bond acceptors (Lipinski definition) is 5. The zero-order valence-electron chi connectivity index (χ0n) is 11.2. The summed E-state index contributed by atoms with van der Waals surface area (Å²) in [6, 6.07) is 4.80. The molecule has 0 aromatic heterocycles. The standard InChI is InChI=1S/C12H18N2O4S2/c1-2-10-3-4-11(13)9-12(10)20(17,18)14-5-7-19(15,16)8-6-14/h3-4,9H,2,5-8,13H2,1H3. The van der Waals surface area contributed by atoms with Gasteiger partial charge in [0.2, 0.25) is 10.0 Å². The van der Waals surface area contributed by atoms with Crippen molar-refractivity contribution >= 4 is 25.5 Å². The summed E-state index contributed by atoms with van der Waals surface area (Å²) in [7, 11) is -6.80. The Balaban J connectivity index is 2.39. The Labute approximate surface area is 119 Å². The minimum atomic E-state index is -3.69. The largest absolute Gasteiger partial charge is 0.399 e. The molecule has 0 aliphatic carbocycles. The van der Waals surface area contributed by atoms with Crippen molar-refractivity contribution in [2.45, 2.75) is 18.2 Å². The SMILES string of the molecule is CCc1ccc(N)cc1S(=O)(=O)N1CCS(=O)(=O)CC1. The molecule has 1 aromatic carbocycles. The molecule has 0 bridgehead atoms. The monoisotopic (exact) mass is 318 g/mol. The second-order valence-corrected chi connectivity index (χ2v) is 8.99. The van der Waals surface area contributed by atoms with Gasteiger partial charge in [0.1, 0.15) is 0 Å². The highest BCUT2D eigenvalue weighted by molar-refractivity contribution is 7.92. The van der Waals surface area contributed by atoms with Crippen molar-refractivity contribution in [1.29, 1.82) is 0 Å². The van der Waals surface area contributed by atoms with Crippen molar-refractivity contribution in [3.63, 3.8) is 0 Å². The summed E-state index contributed by atoms with van der Waals surface area (Å²) in [6.07, 6.45) is 0.570. The van der Waals surface area contributed by atoms with E-state index in [2.05, 4.69) is 0 Å². The first-order valence-corrected chi connectivity index (χ1v) is 9.61. The van der Waals surface area contributed by atoms with Crippen LogP contribution >= 0.6 is 0 Å². The van der Waals surface area contributed by atoms with Gasteiger partial charge >= 0.3 is 0 Å². The van der Waals surface area contributed by atoms with Crippen molar-refractivity contribution in [3.05, 3.63) is 23.8 Å². The van der Waals surface area contributed by atoms with E-state index < -0.39 is 19.9 Å². The van der Waals surface area contributed by atoms with Crippen LogP contribution in [0.2, 0.25) is 0 Å². The summed E-state index contributed by atoms with van der Waals surface area (Å²) in [6.45, 7) is 1.87. The molecule has 112 valence electrons. The predicted molar refractivity (Wildman–Crippen MR) is 77.6 cm³/mol. The van der Waals surface area contributed by atoms with Gasteiger partial charge in [0, 0.05) is 18.8 Å². The van der Waals surface area contributed by atoms with Crippen LogP contribution in [0.25, 0.3) is 0 Å². The highest BCUT2D eigenvalue weighted by Gasteiger charge is 2.32. The van der Waals surface area contributed by atoms with Crippen LogP contribution in [0.4, 0.5) is 5.69 Å². The highest BCUT2D eigenvalue weighted by Crippen LogP contribution is 2.24. The van der Waals surface area contributed by atoms with E-state index in [1.54, 1.807) is 12.1 Å². The van der Waals surface area contributed by atoms with Gasteiger partial charge in [-0.15, -0.1) is 0 Å². The van der Waals surface area contributed by atoms with Crippen LogP contribution < -0.4 is 5.73 Å². The van der Waals surface area contributed by atoms with Crippen molar-refractivity contribution in [1.82, 2.24) is 4.31 Å².